The monoisotopic (exact) mass is 471 g/mol. The van der Waals surface area contributed by atoms with Crippen LogP contribution in [0.4, 0.5) is 4.79 Å². The van der Waals surface area contributed by atoms with Crippen LogP contribution in [-0.4, -0.2) is 23.2 Å². The Kier molecular flexibility index (Phi) is 5.97. The molecule has 26 heavy (non-hydrogen) atoms. The lowest BCUT2D eigenvalue weighted by Crippen LogP contribution is -2.27. The first-order valence-electron chi connectivity index (χ1n) is 7.42. The lowest BCUT2D eigenvalue weighted by molar-refractivity contribution is -0.123. The van der Waals surface area contributed by atoms with Crippen molar-refractivity contribution in [3.8, 4) is 5.75 Å². The number of thioether (sulfide) groups is 1. The summed E-state index contributed by atoms with van der Waals surface area (Å²) in [5.74, 6) is 0.215. The third-order valence-electron chi connectivity index (χ3n) is 3.73. The number of hydrogen-bond acceptors (Lipinski definition) is 4. The average molecular weight is 473 g/mol. The molecular formula is C18H12BrCl2NO3S. The number of methoxy groups -OCH3 is 1. The summed E-state index contributed by atoms with van der Waals surface area (Å²) in [4.78, 5) is 26.5. The number of imide groups is 1. The van der Waals surface area contributed by atoms with E-state index in [1.807, 2.05) is 12.1 Å². The molecule has 1 saturated heterocycles. The minimum absolute atomic E-state index is 0.0239. The Balaban J connectivity index is 1.91. The summed E-state index contributed by atoms with van der Waals surface area (Å²) < 4.78 is 6.15. The van der Waals surface area contributed by atoms with Gasteiger partial charge in [0.05, 0.1) is 18.6 Å². The van der Waals surface area contributed by atoms with Gasteiger partial charge in [0.25, 0.3) is 11.1 Å². The van der Waals surface area contributed by atoms with Crippen LogP contribution in [0, 0.1) is 0 Å². The van der Waals surface area contributed by atoms with Crippen LogP contribution >= 0.6 is 50.9 Å². The standard InChI is InChI=1S/C18H12BrCl2NO3S/c1-25-15-6-5-11(19)7-10(15)8-16-17(23)22(18(24)26-16)9-12-13(20)3-2-4-14(12)21/h2-8H,9H2,1H3/b16-8+. The van der Waals surface area contributed by atoms with Gasteiger partial charge in [0.15, 0.2) is 0 Å². The second-order valence-electron chi connectivity index (χ2n) is 5.35. The first kappa shape index (κ1) is 19.3. The van der Waals surface area contributed by atoms with E-state index >= 15 is 0 Å². The molecule has 2 aromatic rings. The minimum Gasteiger partial charge on any atom is -0.496 e. The Morgan fingerprint density at radius 1 is 1.19 bits per heavy atom. The smallest absolute Gasteiger partial charge is 0.293 e. The number of rotatable bonds is 4. The van der Waals surface area contributed by atoms with Gasteiger partial charge in [-0.2, -0.15) is 0 Å². The van der Waals surface area contributed by atoms with Gasteiger partial charge in [-0.15, -0.1) is 0 Å². The highest BCUT2D eigenvalue weighted by Gasteiger charge is 2.35. The number of amides is 2. The van der Waals surface area contributed by atoms with E-state index < -0.39 is 5.91 Å². The zero-order valence-corrected chi connectivity index (χ0v) is 17.4. The van der Waals surface area contributed by atoms with Crippen LogP contribution in [0.3, 0.4) is 0 Å². The summed E-state index contributed by atoms with van der Waals surface area (Å²) in [7, 11) is 1.55. The molecule has 0 aromatic heterocycles. The Labute approximate surface area is 173 Å². The van der Waals surface area contributed by atoms with Crippen molar-refractivity contribution in [3.05, 3.63) is 66.9 Å². The van der Waals surface area contributed by atoms with E-state index in [0.29, 0.717) is 31.8 Å². The molecule has 3 rings (SSSR count). The van der Waals surface area contributed by atoms with Crippen LogP contribution in [0.1, 0.15) is 11.1 Å². The van der Waals surface area contributed by atoms with E-state index in [1.165, 1.54) is 0 Å². The fraction of sp³-hybridized carbons (Fsp3) is 0.111. The minimum atomic E-state index is -0.391. The molecule has 0 atom stereocenters. The third kappa shape index (κ3) is 3.93. The molecule has 1 fully saturated rings. The van der Waals surface area contributed by atoms with Crippen molar-refractivity contribution in [2.45, 2.75) is 6.54 Å². The van der Waals surface area contributed by atoms with Gasteiger partial charge >= 0.3 is 0 Å². The average Bonchev–Trinajstić information content (AvgIpc) is 2.85. The number of carbonyl (C=O) groups excluding carboxylic acids is 2. The molecule has 4 nitrogen and oxygen atoms in total. The summed E-state index contributed by atoms with van der Waals surface area (Å²) in [5.41, 5.74) is 1.24. The Hall–Kier alpha value is -1.47. The predicted octanol–water partition coefficient (Wildman–Crippen LogP) is 6.00. The summed E-state index contributed by atoms with van der Waals surface area (Å²) in [6.45, 7) is 0.0239. The molecule has 0 radical (unpaired) electrons. The molecule has 0 bridgehead atoms. The highest BCUT2D eigenvalue weighted by atomic mass is 79.9. The number of halogens is 3. The van der Waals surface area contributed by atoms with E-state index in [-0.39, 0.29) is 11.8 Å². The predicted molar refractivity (Wildman–Crippen MR) is 109 cm³/mol. The van der Waals surface area contributed by atoms with E-state index in [2.05, 4.69) is 15.9 Å². The zero-order valence-electron chi connectivity index (χ0n) is 13.5. The molecule has 8 heteroatoms. The van der Waals surface area contributed by atoms with E-state index in [1.54, 1.807) is 37.5 Å². The summed E-state index contributed by atoms with van der Waals surface area (Å²) >= 11 is 16.6. The largest absolute Gasteiger partial charge is 0.496 e. The van der Waals surface area contributed by atoms with Gasteiger partial charge in [-0.1, -0.05) is 45.2 Å². The summed E-state index contributed by atoms with van der Waals surface area (Å²) in [6, 6.07) is 10.5. The molecule has 1 aliphatic rings. The van der Waals surface area contributed by atoms with Crippen LogP contribution < -0.4 is 4.74 Å². The van der Waals surface area contributed by atoms with Crippen molar-refractivity contribution in [2.24, 2.45) is 0 Å². The van der Waals surface area contributed by atoms with Crippen molar-refractivity contribution >= 4 is 68.1 Å². The highest BCUT2D eigenvalue weighted by molar-refractivity contribution is 9.10. The molecule has 0 aliphatic carbocycles. The lowest BCUT2D eigenvalue weighted by Gasteiger charge is -2.14. The maximum Gasteiger partial charge on any atom is 0.293 e. The van der Waals surface area contributed by atoms with Crippen LogP contribution in [0.2, 0.25) is 10.0 Å². The Morgan fingerprint density at radius 3 is 2.54 bits per heavy atom. The van der Waals surface area contributed by atoms with Crippen molar-refractivity contribution < 1.29 is 14.3 Å². The van der Waals surface area contributed by atoms with Crippen LogP contribution in [-0.2, 0) is 11.3 Å². The molecule has 2 amide bonds. The fourth-order valence-corrected chi connectivity index (χ4v) is 4.16. The molecule has 1 aliphatic heterocycles. The quantitative estimate of drug-likeness (QED) is 0.512. The molecule has 0 saturated carbocycles. The van der Waals surface area contributed by atoms with Gasteiger partial charge in [-0.3, -0.25) is 14.5 Å². The number of carbonyl (C=O) groups is 2. The normalized spacial score (nSPS) is 15.8. The topological polar surface area (TPSA) is 46.6 Å². The SMILES string of the molecule is COc1ccc(Br)cc1/C=C1/SC(=O)N(Cc2c(Cl)cccc2Cl)C1=O. The molecule has 0 N–H and O–H groups in total. The van der Waals surface area contributed by atoms with Crippen molar-refractivity contribution in [3.63, 3.8) is 0 Å². The highest BCUT2D eigenvalue weighted by Crippen LogP contribution is 2.37. The van der Waals surface area contributed by atoms with Gasteiger partial charge in [-0.05, 0) is 48.2 Å². The second kappa shape index (κ2) is 8.05. The molecule has 2 aromatic carbocycles. The van der Waals surface area contributed by atoms with Gasteiger partial charge < -0.3 is 4.74 Å². The summed E-state index contributed by atoms with van der Waals surface area (Å²) in [6.07, 6.45) is 1.64. The van der Waals surface area contributed by atoms with Crippen LogP contribution in [0.15, 0.2) is 45.8 Å². The molecule has 0 unspecified atom stereocenters. The van der Waals surface area contributed by atoms with Crippen LogP contribution in [0.25, 0.3) is 6.08 Å². The van der Waals surface area contributed by atoms with Gasteiger partial charge in [0.2, 0.25) is 0 Å². The first-order valence-corrected chi connectivity index (χ1v) is 9.79. The number of hydrogen-bond donors (Lipinski definition) is 0. The molecule has 0 spiro atoms. The van der Waals surface area contributed by atoms with E-state index in [0.717, 1.165) is 21.1 Å². The van der Waals surface area contributed by atoms with Crippen molar-refractivity contribution in [2.75, 3.05) is 7.11 Å². The Bertz CT molecular complexity index is 912. The zero-order chi connectivity index (χ0) is 18.8. The molecule has 1 heterocycles. The van der Waals surface area contributed by atoms with Crippen LogP contribution in [0.5, 0.6) is 5.75 Å². The fourth-order valence-electron chi connectivity index (χ4n) is 2.44. The van der Waals surface area contributed by atoms with Gasteiger partial charge in [0.1, 0.15) is 5.75 Å². The van der Waals surface area contributed by atoms with E-state index in [9.17, 15) is 9.59 Å². The Morgan fingerprint density at radius 2 is 1.88 bits per heavy atom. The molecule has 134 valence electrons. The van der Waals surface area contributed by atoms with Gasteiger partial charge in [-0.25, -0.2) is 0 Å². The number of benzene rings is 2. The first-order chi connectivity index (χ1) is 12.4. The maximum atomic E-state index is 12.7. The van der Waals surface area contributed by atoms with Crippen molar-refractivity contribution in [1.82, 2.24) is 4.90 Å². The summed E-state index contributed by atoms with van der Waals surface area (Å²) in [5, 5.41) is 0.453. The van der Waals surface area contributed by atoms with E-state index in [4.69, 9.17) is 27.9 Å². The molecular weight excluding hydrogens is 461 g/mol. The van der Waals surface area contributed by atoms with Crippen molar-refractivity contribution in [1.29, 1.82) is 0 Å². The van der Waals surface area contributed by atoms with Gasteiger partial charge in [0, 0.05) is 25.6 Å². The maximum absolute atomic E-state index is 12.7. The number of nitrogens with zero attached hydrogens (tertiary/aromatic N) is 1. The number of ether oxygens (including phenoxy) is 1. The second-order valence-corrected chi connectivity index (χ2v) is 8.08. The third-order valence-corrected chi connectivity index (χ3v) is 5.84. The lowest BCUT2D eigenvalue weighted by atomic mass is 10.1.